The van der Waals surface area contributed by atoms with Crippen LogP contribution < -0.4 is 5.32 Å². The van der Waals surface area contributed by atoms with Crippen molar-refractivity contribution in [2.75, 3.05) is 24.7 Å². The second-order valence-electron chi connectivity index (χ2n) is 7.05. The molecule has 1 aliphatic rings. The molecule has 0 saturated carbocycles. The Morgan fingerprint density at radius 2 is 1.79 bits per heavy atom. The zero-order valence-electron chi connectivity index (χ0n) is 15.5. The van der Waals surface area contributed by atoms with E-state index in [-0.39, 0.29) is 6.04 Å². The lowest BCUT2D eigenvalue weighted by molar-refractivity contribution is 0.329. The summed E-state index contributed by atoms with van der Waals surface area (Å²) < 4.78 is 25.3. The number of aromatic nitrogens is 2. The Bertz CT molecular complexity index is 1100. The zero-order valence-corrected chi connectivity index (χ0v) is 17.0. The maximum atomic E-state index is 11.9. The van der Waals surface area contributed by atoms with Crippen LogP contribution in [0.1, 0.15) is 12.8 Å². The van der Waals surface area contributed by atoms with Gasteiger partial charge >= 0.3 is 0 Å². The highest BCUT2D eigenvalue weighted by Crippen LogP contribution is 2.31. The Labute approximate surface area is 169 Å². The number of hydrogen-bond acceptors (Lipinski definition) is 5. The molecule has 1 aliphatic heterocycles. The molecule has 1 atom stereocenters. The molecule has 0 radical (unpaired) electrons. The minimum atomic E-state index is -3.19. The molecular weight excluding hydrogens is 396 g/mol. The van der Waals surface area contributed by atoms with Crippen molar-refractivity contribution in [1.29, 1.82) is 0 Å². The van der Waals surface area contributed by atoms with E-state index < -0.39 is 10.0 Å². The summed E-state index contributed by atoms with van der Waals surface area (Å²) in [5, 5.41) is 14.9. The van der Waals surface area contributed by atoms with Crippen LogP contribution in [0.15, 0.2) is 48.5 Å². The summed E-state index contributed by atoms with van der Waals surface area (Å²) >= 11 is 6.00. The SMILES string of the molecule is CS(=O)(=O)N1CCCC(Nc2nnc(-c3ccc(Cl)cc3)c3ccccc23)C1. The molecule has 28 heavy (non-hydrogen) atoms. The molecule has 0 amide bonds. The van der Waals surface area contributed by atoms with E-state index in [4.69, 9.17) is 11.6 Å². The maximum absolute atomic E-state index is 11.9. The van der Waals surface area contributed by atoms with Crippen LogP contribution in [0.3, 0.4) is 0 Å². The smallest absolute Gasteiger partial charge is 0.211 e. The van der Waals surface area contributed by atoms with Gasteiger partial charge in [0.05, 0.1) is 6.26 Å². The van der Waals surface area contributed by atoms with E-state index in [1.54, 1.807) is 0 Å². The number of rotatable bonds is 4. The lowest BCUT2D eigenvalue weighted by atomic mass is 10.0. The standard InChI is InChI=1S/C20H21ClN4O2S/c1-28(26,27)25-12-4-5-16(13-25)22-20-18-7-3-2-6-17(18)19(23-24-20)14-8-10-15(21)11-9-14/h2-3,6-11,16H,4-5,12-13H2,1H3,(H,22,24). The number of benzene rings is 2. The summed E-state index contributed by atoms with van der Waals surface area (Å²) in [6.45, 7) is 1.01. The van der Waals surface area contributed by atoms with Gasteiger partial charge in [-0.05, 0) is 25.0 Å². The van der Waals surface area contributed by atoms with E-state index >= 15 is 0 Å². The summed E-state index contributed by atoms with van der Waals surface area (Å²) in [5.74, 6) is 0.675. The summed E-state index contributed by atoms with van der Waals surface area (Å²) in [6, 6.07) is 15.5. The first-order valence-corrected chi connectivity index (χ1v) is 11.4. The Morgan fingerprint density at radius 3 is 2.50 bits per heavy atom. The maximum Gasteiger partial charge on any atom is 0.211 e. The molecule has 2 aromatic carbocycles. The molecular formula is C20H21ClN4O2S. The van der Waals surface area contributed by atoms with Gasteiger partial charge in [0.2, 0.25) is 10.0 Å². The molecule has 8 heteroatoms. The first-order valence-electron chi connectivity index (χ1n) is 9.15. The fourth-order valence-electron chi connectivity index (χ4n) is 3.59. The van der Waals surface area contributed by atoms with Gasteiger partial charge in [0.15, 0.2) is 5.82 Å². The predicted molar refractivity (Wildman–Crippen MR) is 113 cm³/mol. The molecule has 1 aromatic heterocycles. The third-order valence-electron chi connectivity index (χ3n) is 5.00. The highest BCUT2D eigenvalue weighted by atomic mass is 35.5. The summed E-state index contributed by atoms with van der Waals surface area (Å²) in [6.07, 6.45) is 2.96. The Morgan fingerprint density at radius 1 is 1.07 bits per heavy atom. The number of fused-ring (bicyclic) bond motifs is 1. The first-order chi connectivity index (χ1) is 13.4. The van der Waals surface area contributed by atoms with Crippen LogP contribution in [0.4, 0.5) is 5.82 Å². The van der Waals surface area contributed by atoms with E-state index in [9.17, 15) is 8.42 Å². The lowest BCUT2D eigenvalue weighted by Gasteiger charge is -2.31. The van der Waals surface area contributed by atoms with E-state index in [1.165, 1.54) is 10.6 Å². The average molecular weight is 417 g/mol. The van der Waals surface area contributed by atoms with Gasteiger partial charge in [-0.15, -0.1) is 10.2 Å². The second kappa shape index (κ2) is 7.66. The molecule has 0 aliphatic carbocycles. The largest absolute Gasteiger partial charge is 0.364 e. The number of nitrogens with zero attached hydrogens (tertiary/aromatic N) is 3. The molecule has 1 saturated heterocycles. The lowest BCUT2D eigenvalue weighted by Crippen LogP contribution is -2.44. The fraction of sp³-hybridized carbons (Fsp3) is 0.300. The van der Waals surface area contributed by atoms with Crippen molar-refractivity contribution in [3.63, 3.8) is 0 Å². The van der Waals surface area contributed by atoms with Gasteiger partial charge in [-0.3, -0.25) is 0 Å². The van der Waals surface area contributed by atoms with Crippen LogP contribution >= 0.6 is 11.6 Å². The highest BCUT2D eigenvalue weighted by Gasteiger charge is 2.26. The predicted octanol–water partition coefficient (Wildman–Crippen LogP) is 3.79. The van der Waals surface area contributed by atoms with Gasteiger partial charge in [0.1, 0.15) is 5.69 Å². The van der Waals surface area contributed by atoms with Crippen molar-refractivity contribution in [3.05, 3.63) is 53.6 Å². The molecule has 1 fully saturated rings. The average Bonchev–Trinajstić information content (AvgIpc) is 2.69. The van der Waals surface area contributed by atoms with Crippen LogP contribution in [0, 0.1) is 0 Å². The number of nitrogens with one attached hydrogen (secondary N) is 1. The monoisotopic (exact) mass is 416 g/mol. The third kappa shape index (κ3) is 3.97. The zero-order chi connectivity index (χ0) is 19.7. The van der Waals surface area contributed by atoms with Crippen molar-refractivity contribution < 1.29 is 8.42 Å². The molecule has 1 N–H and O–H groups in total. The third-order valence-corrected chi connectivity index (χ3v) is 6.52. The van der Waals surface area contributed by atoms with Crippen molar-refractivity contribution >= 4 is 38.2 Å². The van der Waals surface area contributed by atoms with Crippen molar-refractivity contribution in [3.8, 4) is 11.3 Å². The minimum Gasteiger partial charge on any atom is -0.364 e. The van der Waals surface area contributed by atoms with Gasteiger partial charge in [-0.1, -0.05) is 48.0 Å². The fourth-order valence-corrected chi connectivity index (χ4v) is 4.62. The van der Waals surface area contributed by atoms with E-state index in [2.05, 4.69) is 15.5 Å². The first kappa shape index (κ1) is 19.1. The van der Waals surface area contributed by atoms with Crippen LogP contribution in [0.5, 0.6) is 0 Å². The molecule has 1 unspecified atom stereocenters. The van der Waals surface area contributed by atoms with Crippen LogP contribution in [-0.4, -0.2) is 48.3 Å². The number of piperidine rings is 1. The molecule has 146 valence electrons. The van der Waals surface area contributed by atoms with Gasteiger partial charge in [0.25, 0.3) is 0 Å². The van der Waals surface area contributed by atoms with E-state index in [0.29, 0.717) is 23.9 Å². The quantitative estimate of drug-likeness (QED) is 0.700. The minimum absolute atomic E-state index is 0.00237. The van der Waals surface area contributed by atoms with Gasteiger partial charge < -0.3 is 5.32 Å². The molecule has 6 nitrogen and oxygen atoms in total. The van der Waals surface area contributed by atoms with Crippen molar-refractivity contribution in [2.45, 2.75) is 18.9 Å². The summed E-state index contributed by atoms with van der Waals surface area (Å²) in [5.41, 5.74) is 1.74. The van der Waals surface area contributed by atoms with Crippen molar-refractivity contribution in [2.24, 2.45) is 0 Å². The van der Waals surface area contributed by atoms with E-state index in [1.807, 2.05) is 48.5 Å². The van der Waals surface area contributed by atoms with Crippen LogP contribution in [0.25, 0.3) is 22.0 Å². The van der Waals surface area contributed by atoms with Crippen LogP contribution in [-0.2, 0) is 10.0 Å². The Balaban J connectivity index is 1.67. The number of hydrogen-bond donors (Lipinski definition) is 1. The highest BCUT2D eigenvalue weighted by molar-refractivity contribution is 7.88. The van der Waals surface area contributed by atoms with Gasteiger partial charge in [0, 0.05) is 40.5 Å². The molecule has 2 heterocycles. The number of sulfonamides is 1. The Hall–Kier alpha value is -2.22. The summed E-state index contributed by atoms with van der Waals surface area (Å²) in [4.78, 5) is 0. The number of halogens is 1. The second-order valence-corrected chi connectivity index (χ2v) is 9.47. The molecule has 3 aromatic rings. The van der Waals surface area contributed by atoms with E-state index in [0.717, 1.165) is 34.9 Å². The summed E-state index contributed by atoms with van der Waals surface area (Å²) in [7, 11) is -3.19. The molecule has 0 spiro atoms. The van der Waals surface area contributed by atoms with Crippen LogP contribution in [0.2, 0.25) is 5.02 Å². The number of anilines is 1. The molecule has 0 bridgehead atoms. The molecule has 4 rings (SSSR count). The van der Waals surface area contributed by atoms with Gasteiger partial charge in [-0.2, -0.15) is 0 Å². The normalized spacial score (nSPS) is 18.3. The van der Waals surface area contributed by atoms with Gasteiger partial charge in [-0.25, -0.2) is 12.7 Å². The topological polar surface area (TPSA) is 75.2 Å². The van der Waals surface area contributed by atoms with Crippen molar-refractivity contribution in [1.82, 2.24) is 14.5 Å². The Kier molecular flexibility index (Phi) is 5.23.